The van der Waals surface area contributed by atoms with Crippen molar-refractivity contribution in [1.29, 1.82) is 0 Å². The predicted molar refractivity (Wildman–Crippen MR) is 103 cm³/mol. The second-order valence-corrected chi connectivity index (χ2v) is 6.14. The molecule has 0 atom stereocenters. The van der Waals surface area contributed by atoms with Gasteiger partial charge in [0.15, 0.2) is 5.60 Å². The zero-order valence-electron chi connectivity index (χ0n) is 14.8. The lowest BCUT2D eigenvalue weighted by atomic mass is 9.83. The molecule has 0 unspecified atom stereocenters. The first kappa shape index (κ1) is 16.3. The molecule has 0 aliphatic carbocycles. The van der Waals surface area contributed by atoms with Crippen molar-refractivity contribution in [2.45, 2.75) is 5.60 Å². The molecular formula is C23H20O3. The van der Waals surface area contributed by atoms with Crippen molar-refractivity contribution >= 4 is 6.08 Å². The number of fused-ring (bicyclic) bond motifs is 1. The van der Waals surface area contributed by atoms with Crippen molar-refractivity contribution in [3.8, 4) is 17.2 Å². The molecule has 26 heavy (non-hydrogen) atoms. The minimum atomic E-state index is -0.701. The Bertz CT molecular complexity index is 891. The van der Waals surface area contributed by atoms with Gasteiger partial charge in [0.05, 0.1) is 19.8 Å². The summed E-state index contributed by atoms with van der Waals surface area (Å²) in [6, 6.07) is 24.2. The summed E-state index contributed by atoms with van der Waals surface area (Å²) in [5, 5.41) is 0. The fourth-order valence-corrected chi connectivity index (χ4v) is 3.37. The molecule has 3 nitrogen and oxygen atoms in total. The minimum Gasteiger partial charge on any atom is -0.496 e. The van der Waals surface area contributed by atoms with Crippen LogP contribution in [-0.4, -0.2) is 14.2 Å². The lowest BCUT2D eigenvalue weighted by Gasteiger charge is -2.36. The van der Waals surface area contributed by atoms with Crippen LogP contribution >= 0.6 is 0 Å². The highest BCUT2D eigenvalue weighted by Gasteiger charge is 2.37. The van der Waals surface area contributed by atoms with E-state index in [-0.39, 0.29) is 0 Å². The SMILES string of the molecule is COc1cc(OC)c2c(c1)OC(c1ccccc1)(c1ccccc1)C=C2. The Hall–Kier alpha value is -3.20. The monoisotopic (exact) mass is 344 g/mol. The number of benzene rings is 3. The molecule has 0 fully saturated rings. The number of hydrogen-bond acceptors (Lipinski definition) is 3. The summed E-state index contributed by atoms with van der Waals surface area (Å²) in [5.41, 5.74) is 2.34. The smallest absolute Gasteiger partial charge is 0.178 e. The fraction of sp³-hybridized carbons (Fsp3) is 0.130. The van der Waals surface area contributed by atoms with E-state index < -0.39 is 5.60 Å². The van der Waals surface area contributed by atoms with Gasteiger partial charge in [-0.05, 0) is 12.2 Å². The summed E-state index contributed by atoms with van der Waals surface area (Å²) < 4.78 is 17.6. The molecule has 3 heteroatoms. The molecule has 0 saturated heterocycles. The second kappa shape index (κ2) is 6.60. The summed E-state index contributed by atoms with van der Waals surface area (Å²) >= 11 is 0. The van der Waals surface area contributed by atoms with Crippen molar-refractivity contribution in [3.05, 3.63) is 95.6 Å². The highest BCUT2D eigenvalue weighted by Crippen LogP contribution is 2.46. The van der Waals surface area contributed by atoms with E-state index in [0.29, 0.717) is 5.75 Å². The van der Waals surface area contributed by atoms with E-state index in [9.17, 15) is 0 Å². The van der Waals surface area contributed by atoms with E-state index in [1.54, 1.807) is 14.2 Å². The van der Waals surface area contributed by atoms with Gasteiger partial charge < -0.3 is 14.2 Å². The van der Waals surface area contributed by atoms with Crippen molar-refractivity contribution in [2.24, 2.45) is 0 Å². The van der Waals surface area contributed by atoms with Crippen molar-refractivity contribution in [2.75, 3.05) is 14.2 Å². The van der Waals surface area contributed by atoms with Gasteiger partial charge in [0.25, 0.3) is 0 Å². The fourth-order valence-electron chi connectivity index (χ4n) is 3.37. The maximum absolute atomic E-state index is 6.63. The Kier molecular flexibility index (Phi) is 4.13. The minimum absolute atomic E-state index is 0.700. The molecule has 0 saturated carbocycles. The molecule has 3 aromatic rings. The van der Waals surface area contributed by atoms with Crippen LogP contribution in [-0.2, 0) is 5.60 Å². The summed E-state index contributed by atoms with van der Waals surface area (Å²) in [5.74, 6) is 2.16. The van der Waals surface area contributed by atoms with Crippen LogP contribution in [0.2, 0.25) is 0 Å². The summed E-state index contributed by atoms with van der Waals surface area (Å²) in [4.78, 5) is 0. The average Bonchev–Trinajstić information content (AvgIpc) is 2.73. The van der Waals surface area contributed by atoms with E-state index in [1.165, 1.54) is 0 Å². The zero-order chi connectivity index (χ0) is 18.0. The largest absolute Gasteiger partial charge is 0.496 e. The topological polar surface area (TPSA) is 27.7 Å². The van der Waals surface area contributed by atoms with Crippen LogP contribution in [0.3, 0.4) is 0 Å². The molecule has 0 radical (unpaired) electrons. The Morgan fingerprint density at radius 3 is 1.92 bits per heavy atom. The van der Waals surface area contributed by atoms with Crippen LogP contribution < -0.4 is 14.2 Å². The highest BCUT2D eigenvalue weighted by atomic mass is 16.5. The molecule has 0 spiro atoms. The van der Waals surface area contributed by atoms with Crippen molar-refractivity contribution in [3.63, 3.8) is 0 Å². The third-order valence-electron chi connectivity index (χ3n) is 4.69. The normalized spacial score (nSPS) is 14.2. The van der Waals surface area contributed by atoms with Gasteiger partial charge in [0.1, 0.15) is 17.2 Å². The number of ether oxygens (including phenoxy) is 3. The molecule has 1 aliphatic heterocycles. The zero-order valence-corrected chi connectivity index (χ0v) is 14.8. The molecule has 1 heterocycles. The molecule has 3 aromatic carbocycles. The first-order chi connectivity index (χ1) is 12.8. The molecule has 130 valence electrons. The first-order valence-electron chi connectivity index (χ1n) is 8.52. The van der Waals surface area contributed by atoms with E-state index >= 15 is 0 Å². The number of rotatable bonds is 4. The molecule has 0 bridgehead atoms. The lowest BCUT2D eigenvalue weighted by Crippen LogP contribution is -2.34. The van der Waals surface area contributed by atoms with Crippen LogP contribution in [0.1, 0.15) is 16.7 Å². The van der Waals surface area contributed by atoms with Crippen molar-refractivity contribution in [1.82, 2.24) is 0 Å². The van der Waals surface area contributed by atoms with Gasteiger partial charge in [-0.25, -0.2) is 0 Å². The average molecular weight is 344 g/mol. The van der Waals surface area contributed by atoms with Gasteiger partial charge >= 0.3 is 0 Å². The van der Waals surface area contributed by atoms with Crippen LogP contribution in [0.5, 0.6) is 17.2 Å². The van der Waals surface area contributed by atoms with Crippen LogP contribution in [0.15, 0.2) is 78.9 Å². The molecule has 4 rings (SSSR count). The summed E-state index contributed by atoms with van der Waals surface area (Å²) in [7, 11) is 3.29. The van der Waals surface area contributed by atoms with Crippen LogP contribution in [0, 0.1) is 0 Å². The number of hydrogen-bond donors (Lipinski definition) is 0. The van der Waals surface area contributed by atoms with Gasteiger partial charge in [-0.1, -0.05) is 60.7 Å². The maximum Gasteiger partial charge on any atom is 0.178 e. The van der Waals surface area contributed by atoms with E-state index in [4.69, 9.17) is 14.2 Å². The highest BCUT2D eigenvalue weighted by molar-refractivity contribution is 5.71. The molecule has 0 N–H and O–H groups in total. The lowest BCUT2D eigenvalue weighted by molar-refractivity contribution is 0.159. The standard InChI is InChI=1S/C23H20O3/c1-24-19-15-21(25-2)20-13-14-23(26-22(20)16-19,17-9-5-3-6-10-17)18-11-7-4-8-12-18/h3-16H,1-2H3. The van der Waals surface area contributed by atoms with Gasteiger partial charge in [-0.15, -0.1) is 0 Å². The first-order valence-corrected chi connectivity index (χ1v) is 8.52. The third-order valence-corrected chi connectivity index (χ3v) is 4.69. The molecule has 0 aromatic heterocycles. The van der Waals surface area contributed by atoms with E-state index in [0.717, 1.165) is 28.2 Å². The third kappa shape index (κ3) is 2.62. The van der Waals surface area contributed by atoms with Crippen LogP contribution in [0.25, 0.3) is 6.08 Å². The van der Waals surface area contributed by atoms with Crippen LogP contribution in [0.4, 0.5) is 0 Å². The summed E-state index contributed by atoms with van der Waals surface area (Å²) in [6.45, 7) is 0. The second-order valence-electron chi connectivity index (χ2n) is 6.14. The number of methoxy groups -OCH3 is 2. The van der Waals surface area contributed by atoms with Gasteiger partial charge in [0.2, 0.25) is 0 Å². The van der Waals surface area contributed by atoms with E-state index in [1.807, 2.05) is 48.5 Å². The Labute approximate surface area is 153 Å². The van der Waals surface area contributed by atoms with Gasteiger partial charge in [0, 0.05) is 23.3 Å². The van der Waals surface area contributed by atoms with E-state index in [2.05, 4.69) is 36.4 Å². The summed E-state index contributed by atoms with van der Waals surface area (Å²) in [6.07, 6.45) is 4.16. The maximum atomic E-state index is 6.63. The van der Waals surface area contributed by atoms with Gasteiger partial charge in [-0.3, -0.25) is 0 Å². The molecule has 0 amide bonds. The Balaban J connectivity index is 1.92. The van der Waals surface area contributed by atoms with Gasteiger partial charge in [-0.2, -0.15) is 0 Å². The Morgan fingerprint density at radius 2 is 1.38 bits per heavy atom. The molecule has 1 aliphatic rings. The molecular weight excluding hydrogens is 324 g/mol. The predicted octanol–water partition coefficient (Wildman–Crippen LogP) is 5.05. The van der Waals surface area contributed by atoms with Crippen molar-refractivity contribution < 1.29 is 14.2 Å². The quantitative estimate of drug-likeness (QED) is 0.662. The Morgan fingerprint density at radius 1 is 0.769 bits per heavy atom.